The first-order valence-electron chi connectivity index (χ1n) is 5.08. The summed E-state index contributed by atoms with van der Waals surface area (Å²) in [7, 11) is 0. The van der Waals surface area contributed by atoms with Gasteiger partial charge in [0.05, 0.1) is 10.0 Å². The van der Waals surface area contributed by atoms with Crippen molar-refractivity contribution in [2.45, 2.75) is 12.5 Å². The molecule has 0 bridgehead atoms. The molecule has 17 heavy (non-hydrogen) atoms. The van der Waals surface area contributed by atoms with Gasteiger partial charge in [-0.05, 0) is 30.7 Å². The minimum atomic E-state index is -0.999. The summed E-state index contributed by atoms with van der Waals surface area (Å²) in [5, 5.41) is 21.3. The van der Waals surface area contributed by atoms with Crippen LogP contribution >= 0.6 is 23.2 Å². The molecular weight excluding hydrogens is 265 g/mol. The van der Waals surface area contributed by atoms with E-state index in [0.29, 0.717) is 28.6 Å². The lowest BCUT2D eigenvalue weighted by molar-refractivity contribution is -0.139. The van der Waals surface area contributed by atoms with Crippen LogP contribution in [0.4, 0.5) is 0 Å². The van der Waals surface area contributed by atoms with Crippen LogP contribution in [-0.4, -0.2) is 29.3 Å². The predicted octanol–water partition coefficient (Wildman–Crippen LogP) is 2.09. The van der Waals surface area contributed by atoms with E-state index in [1.165, 1.54) is 6.07 Å². The van der Waals surface area contributed by atoms with Crippen molar-refractivity contribution < 1.29 is 15.0 Å². The zero-order valence-electron chi connectivity index (χ0n) is 8.99. The van der Waals surface area contributed by atoms with Gasteiger partial charge in [0.15, 0.2) is 0 Å². The number of carbonyl (C=O) groups is 1. The van der Waals surface area contributed by atoms with Crippen molar-refractivity contribution in [2.24, 2.45) is 0 Å². The van der Waals surface area contributed by atoms with Gasteiger partial charge in [0.25, 0.3) is 0 Å². The van der Waals surface area contributed by atoms with E-state index >= 15 is 0 Å². The maximum Gasteiger partial charge on any atom is 0.325 e. The molecule has 1 atom stereocenters. The Hall–Kier alpha value is -0.810. The summed E-state index contributed by atoms with van der Waals surface area (Å²) in [5.41, 5.74) is 0.532. The molecule has 94 valence electrons. The first kappa shape index (κ1) is 14.3. The van der Waals surface area contributed by atoms with Gasteiger partial charge in [0.2, 0.25) is 0 Å². The normalized spacial score (nSPS) is 12.4. The molecule has 4 nitrogen and oxygen atoms in total. The summed E-state index contributed by atoms with van der Waals surface area (Å²) in [6.45, 7) is 0.425. The number of aliphatic carboxylic acids is 1. The smallest absolute Gasteiger partial charge is 0.325 e. The molecule has 1 rings (SSSR count). The number of carboxylic acid groups (broad SMARTS) is 1. The Balaban J connectivity index is 2.82. The van der Waals surface area contributed by atoms with Crippen LogP contribution in [0.5, 0.6) is 0 Å². The number of halogens is 2. The van der Waals surface area contributed by atoms with Gasteiger partial charge in [-0.2, -0.15) is 0 Å². The molecular formula is C11H13Cl2NO3. The summed E-state index contributed by atoms with van der Waals surface area (Å²) in [6, 6.07) is 3.84. The van der Waals surface area contributed by atoms with Gasteiger partial charge in [0.1, 0.15) is 6.04 Å². The molecule has 0 aromatic heterocycles. The van der Waals surface area contributed by atoms with Crippen molar-refractivity contribution in [3.63, 3.8) is 0 Å². The van der Waals surface area contributed by atoms with E-state index in [1.54, 1.807) is 12.1 Å². The number of aliphatic hydroxyl groups excluding tert-OH is 1. The van der Waals surface area contributed by atoms with Gasteiger partial charge in [-0.1, -0.05) is 29.3 Å². The van der Waals surface area contributed by atoms with Gasteiger partial charge in [-0.15, -0.1) is 0 Å². The highest BCUT2D eigenvalue weighted by atomic mass is 35.5. The van der Waals surface area contributed by atoms with Crippen molar-refractivity contribution in [3.05, 3.63) is 33.8 Å². The van der Waals surface area contributed by atoms with Gasteiger partial charge < -0.3 is 15.5 Å². The summed E-state index contributed by atoms with van der Waals surface area (Å²) in [5.74, 6) is -0.999. The standard InChI is InChI=1S/C11H13Cl2NO3/c12-8-3-2-7(6-9(8)13)10(11(16)17)14-4-1-5-15/h2-3,6,10,14-15H,1,4-5H2,(H,16,17). The number of nitrogens with one attached hydrogen (secondary N) is 1. The van der Waals surface area contributed by atoms with Crippen LogP contribution in [0.1, 0.15) is 18.0 Å². The molecule has 0 fully saturated rings. The van der Waals surface area contributed by atoms with Crippen LogP contribution in [0.25, 0.3) is 0 Å². The molecule has 0 saturated heterocycles. The summed E-state index contributed by atoms with van der Waals surface area (Å²) >= 11 is 11.6. The number of hydrogen-bond donors (Lipinski definition) is 3. The molecule has 1 aromatic rings. The molecule has 0 radical (unpaired) electrons. The van der Waals surface area contributed by atoms with Gasteiger partial charge in [-0.25, -0.2) is 0 Å². The Morgan fingerprint density at radius 1 is 1.35 bits per heavy atom. The fourth-order valence-electron chi connectivity index (χ4n) is 1.37. The third kappa shape index (κ3) is 4.16. The first-order chi connectivity index (χ1) is 8.06. The minimum Gasteiger partial charge on any atom is -0.480 e. The quantitative estimate of drug-likeness (QED) is 0.697. The van der Waals surface area contributed by atoms with E-state index < -0.39 is 12.0 Å². The van der Waals surface area contributed by atoms with Crippen molar-refractivity contribution in [2.75, 3.05) is 13.2 Å². The molecule has 0 heterocycles. The highest BCUT2D eigenvalue weighted by Gasteiger charge is 2.19. The van der Waals surface area contributed by atoms with Crippen LogP contribution in [-0.2, 0) is 4.79 Å². The molecule has 0 aliphatic rings. The summed E-state index contributed by atoms with van der Waals surface area (Å²) < 4.78 is 0. The van der Waals surface area contributed by atoms with Crippen molar-refractivity contribution >= 4 is 29.2 Å². The van der Waals surface area contributed by atoms with E-state index in [-0.39, 0.29) is 6.61 Å². The Morgan fingerprint density at radius 2 is 2.06 bits per heavy atom. The monoisotopic (exact) mass is 277 g/mol. The average molecular weight is 278 g/mol. The molecule has 3 N–H and O–H groups in total. The van der Waals surface area contributed by atoms with Gasteiger partial charge in [0, 0.05) is 6.61 Å². The van der Waals surface area contributed by atoms with Crippen LogP contribution in [0.3, 0.4) is 0 Å². The largest absolute Gasteiger partial charge is 0.480 e. The molecule has 0 amide bonds. The number of benzene rings is 1. The molecule has 0 aliphatic heterocycles. The summed E-state index contributed by atoms with van der Waals surface area (Å²) in [6.07, 6.45) is 0.491. The minimum absolute atomic E-state index is 0.0146. The molecule has 1 unspecified atom stereocenters. The lowest BCUT2D eigenvalue weighted by atomic mass is 10.1. The van der Waals surface area contributed by atoms with Crippen molar-refractivity contribution in [1.82, 2.24) is 5.32 Å². The number of carboxylic acids is 1. The second-order valence-corrected chi connectivity index (χ2v) is 4.29. The Labute approximate surface area is 109 Å². The van der Waals surface area contributed by atoms with Crippen LogP contribution in [0, 0.1) is 0 Å². The van der Waals surface area contributed by atoms with Crippen molar-refractivity contribution in [3.8, 4) is 0 Å². The third-order valence-electron chi connectivity index (χ3n) is 2.21. The molecule has 0 aliphatic carbocycles. The average Bonchev–Trinajstić information content (AvgIpc) is 2.28. The topological polar surface area (TPSA) is 69.6 Å². The van der Waals surface area contributed by atoms with Crippen LogP contribution in [0.2, 0.25) is 10.0 Å². The van der Waals surface area contributed by atoms with E-state index in [2.05, 4.69) is 5.32 Å². The number of aliphatic hydroxyl groups is 1. The van der Waals surface area contributed by atoms with E-state index in [4.69, 9.17) is 33.4 Å². The Bertz CT molecular complexity index is 398. The van der Waals surface area contributed by atoms with Gasteiger partial charge >= 0.3 is 5.97 Å². The highest BCUT2D eigenvalue weighted by Crippen LogP contribution is 2.25. The fourth-order valence-corrected chi connectivity index (χ4v) is 1.67. The second-order valence-electron chi connectivity index (χ2n) is 3.48. The fraction of sp³-hybridized carbons (Fsp3) is 0.364. The third-order valence-corrected chi connectivity index (χ3v) is 2.95. The van der Waals surface area contributed by atoms with Crippen LogP contribution in [0.15, 0.2) is 18.2 Å². The van der Waals surface area contributed by atoms with E-state index in [9.17, 15) is 4.79 Å². The lowest BCUT2D eigenvalue weighted by Crippen LogP contribution is -2.29. The van der Waals surface area contributed by atoms with Crippen molar-refractivity contribution in [1.29, 1.82) is 0 Å². The SMILES string of the molecule is O=C(O)C(NCCCO)c1ccc(Cl)c(Cl)c1. The zero-order valence-corrected chi connectivity index (χ0v) is 10.5. The molecule has 1 aromatic carbocycles. The Kier molecular flexibility index (Phi) is 5.71. The predicted molar refractivity (Wildman–Crippen MR) is 66.5 cm³/mol. The number of hydrogen-bond acceptors (Lipinski definition) is 3. The highest BCUT2D eigenvalue weighted by molar-refractivity contribution is 6.42. The van der Waals surface area contributed by atoms with Crippen LogP contribution < -0.4 is 5.32 Å². The maximum absolute atomic E-state index is 11.1. The van der Waals surface area contributed by atoms with E-state index in [0.717, 1.165) is 0 Å². The Morgan fingerprint density at radius 3 is 2.59 bits per heavy atom. The molecule has 0 saturated carbocycles. The molecule has 6 heteroatoms. The molecule has 0 spiro atoms. The lowest BCUT2D eigenvalue weighted by Gasteiger charge is -2.15. The second kappa shape index (κ2) is 6.81. The number of rotatable bonds is 6. The maximum atomic E-state index is 11.1. The zero-order chi connectivity index (χ0) is 12.8. The summed E-state index contributed by atoms with van der Waals surface area (Å²) in [4.78, 5) is 11.1. The first-order valence-corrected chi connectivity index (χ1v) is 5.84. The van der Waals surface area contributed by atoms with E-state index in [1.807, 2.05) is 0 Å². The van der Waals surface area contributed by atoms with Gasteiger partial charge in [-0.3, -0.25) is 4.79 Å².